The van der Waals surface area contributed by atoms with Crippen LogP contribution in [0.5, 0.6) is 0 Å². The zero-order valence-corrected chi connectivity index (χ0v) is 4.68. The third-order valence-corrected chi connectivity index (χ3v) is 1.00. The van der Waals surface area contributed by atoms with Crippen LogP contribution in [0.15, 0.2) is 0 Å². The number of ether oxygens (including phenoxy) is 1. The van der Waals surface area contributed by atoms with Crippen LogP contribution in [0.2, 0.25) is 0 Å². The Hall–Kier alpha value is -0.520. The molecule has 1 aliphatic rings. The summed E-state index contributed by atoms with van der Waals surface area (Å²) in [5.74, 6) is 2.48. The molecule has 2 nitrogen and oxygen atoms in total. The summed E-state index contributed by atoms with van der Waals surface area (Å²) in [7, 11) is 0. The van der Waals surface area contributed by atoms with Gasteiger partial charge in [0.1, 0.15) is 0 Å². The number of terminal acetylenes is 1. The van der Waals surface area contributed by atoms with E-state index in [4.69, 9.17) is 11.2 Å². The van der Waals surface area contributed by atoms with E-state index in [1.165, 1.54) is 0 Å². The molecule has 1 fully saturated rings. The van der Waals surface area contributed by atoms with E-state index < -0.39 is 0 Å². The molecule has 0 aliphatic carbocycles. The van der Waals surface area contributed by atoms with Gasteiger partial charge >= 0.3 is 0 Å². The highest BCUT2D eigenvalue weighted by atomic mass is 16.6. The third kappa shape index (κ3) is 1.97. The van der Waals surface area contributed by atoms with Crippen molar-refractivity contribution in [1.29, 1.82) is 0 Å². The van der Waals surface area contributed by atoms with Crippen molar-refractivity contribution in [3.8, 4) is 12.3 Å². The van der Waals surface area contributed by atoms with Crippen molar-refractivity contribution in [3.63, 3.8) is 0 Å². The van der Waals surface area contributed by atoms with Crippen molar-refractivity contribution >= 4 is 0 Å². The molecule has 0 radical (unpaired) electrons. The van der Waals surface area contributed by atoms with Gasteiger partial charge in [-0.25, -0.2) is 0 Å². The summed E-state index contributed by atoms with van der Waals surface area (Å²) in [5.41, 5.74) is 0. The summed E-state index contributed by atoms with van der Waals surface area (Å²) in [4.78, 5) is 0. The minimum Gasteiger partial charge on any atom is -0.372 e. The Morgan fingerprint density at radius 1 is 1.88 bits per heavy atom. The number of nitrogens with one attached hydrogen (secondary N) is 1. The van der Waals surface area contributed by atoms with E-state index in [9.17, 15) is 0 Å². The van der Waals surface area contributed by atoms with Crippen molar-refractivity contribution in [1.82, 2.24) is 5.32 Å². The van der Waals surface area contributed by atoms with Crippen LogP contribution in [0.4, 0.5) is 0 Å². The molecule has 1 unspecified atom stereocenters. The molecule has 1 aliphatic heterocycles. The summed E-state index contributed by atoms with van der Waals surface area (Å²) < 4.78 is 4.92. The van der Waals surface area contributed by atoms with Crippen molar-refractivity contribution in [2.45, 2.75) is 6.10 Å². The molecule has 0 aromatic rings. The molecule has 0 amide bonds. The molecule has 0 spiro atoms. The van der Waals surface area contributed by atoms with E-state index in [1.807, 2.05) is 0 Å². The highest BCUT2D eigenvalue weighted by molar-refractivity contribution is 4.87. The molecule has 1 atom stereocenters. The molecule has 1 saturated heterocycles. The molecular formula is C6H9NO. The normalized spacial score (nSPS) is 24.6. The minimum absolute atomic E-state index is 0.448. The van der Waals surface area contributed by atoms with E-state index in [1.54, 1.807) is 0 Å². The molecule has 8 heavy (non-hydrogen) atoms. The summed E-state index contributed by atoms with van der Waals surface area (Å²) in [6, 6.07) is 0. The molecule has 0 saturated carbocycles. The van der Waals surface area contributed by atoms with Crippen LogP contribution in [-0.2, 0) is 4.74 Å². The van der Waals surface area contributed by atoms with Gasteiger partial charge in [-0.3, -0.25) is 0 Å². The van der Waals surface area contributed by atoms with E-state index in [-0.39, 0.29) is 0 Å². The maximum atomic E-state index is 4.98. The van der Waals surface area contributed by atoms with Crippen molar-refractivity contribution < 1.29 is 4.74 Å². The fourth-order valence-corrected chi connectivity index (χ4v) is 0.491. The van der Waals surface area contributed by atoms with Crippen LogP contribution in [0.1, 0.15) is 0 Å². The highest BCUT2D eigenvalue weighted by Gasteiger charge is 2.20. The van der Waals surface area contributed by atoms with Crippen LogP contribution < -0.4 is 5.32 Å². The van der Waals surface area contributed by atoms with Crippen molar-refractivity contribution in [2.75, 3.05) is 19.7 Å². The van der Waals surface area contributed by atoms with Gasteiger partial charge < -0.3 is 10.1 Å². The maximum Gasteiger partial charge on any atom is 0.0934 e. The van der Waals surface area contributed by atoms with Gasteiger partial charge in [-0.1, -0.05) is 5.92 Å². The number of epoxide rings is 1. The zero-order valence-electron chi connectivity index (χ0n) is 4.68. The molecular weight excluding hydrogens is 102 g/mol. The smallest absolute Gasteiger partial charge is 0.0934 e. The van der Waals surface area contributed by atoms with Gasteiger partial charge in [-0.2, -0.15) is 0 Å². The Morgan fingerprint density at radius 2 is 2.62 bits per heavy atom. The largest absolute Gasteiger partial charge is 0.372 e. The lowest BCUT2D eigenvalue weighted by atomic mass is 10.5. The standard InChI is InChI=1S/C6H9NO/c1-2-3-7-4-6-5-8-6/h1,6-7H,3-5H2. The highest BCUT2D eigenvalue weighted by Crippen LogP contribution is 2.05. The van der Waals surface area contributed by atoms with Crippen molar-refractivity contribution in [3.05, 3.63) is 0 Å². The molecule has 1 N–H and O–H groups in total. The first-order chi connectivity index (χ1) is 3.93. The fraction of sp³-hybridized carbons (Fsp3) is 0.667. The monoisotopic (exact) mass is 111 g/mol. The second-order valence-corrected chi connectivity index (χ2v) is 1.79. The topological polar surface area (TPSA) is 24.6 Å². The third-order valence-electron chi connectivity index (χ3n) is 1.00. The second-order valence-electron chi connectivity index (χ2n) is 1.79. The number of rotatable bonds is 3. The lowest BCUT2D eigenvalue weighted by Gasteiger charge is -1.91. The summed E-state index contributed by atoms with van der Waals surface area (Å²) in [6.45, 7) is 2.46. The number of hydrogen-bond donors (Lipinski definition) is 1. The van der Waals surface area contributed by atoms with E-state index >= 15 is 0 Å². The summed E-state index contributed by atoms with van der Waals surface area (Å²) in [5, 5.41) is 3.04. The molecule has 2 heteroatoms. The van der Waals surface area contributed by atoms with Crippen LogP contribution in [0, 0.1) is 12.3 Å². The first kappa shape index (κ1) is 5.61. The van der Waals surface area contributed by atoms with Gasteiger partial charge in [-0.15, -0.1) is 6.42 Å². The molecule has 1 rings (SSSR count). The molecule has 0 aromatic carbocycles. The predicted octanol–water partition coefficient (Wildman–Crippen LogP) is -0.392. The quantitative estimate of drug-likeness (QED) is 0.305. The predicted molar refractivity (Wildman–Crippen MR) is 31.4 cm³/mol. The minimum atomic E-state index is 0.448. The lowest BCUT2D eigenvalue weighted by Crippen LogP contribution is -2.19. The van der Waals surface area contributed by atoms with Crippen LogP contribution in [-0.4, -0.2) is 25.8 Å². The Labute approximate surface area is 49.2 Å². The van der Waals surface area contributed by atoms with Crippen LogP contribution >= 0.6 is 0 Å². The summed E-state index contributed by atoms with van der Waals surface area (Å²) >= 11 is 0. The maximum absolute atomic E-state index is 4.98. The van der Waals surface area contributed by atoms with E-state index in [2.05, 4.69) is 11.2 Å². The second kappa shape index (κ2) is 2.71. The lowest BCUT2D eigenvalue weighted by molar-refractivity contribution is 0.400. The average Bonchev–Trinajstić information content (AvgIpc) is 2.51. The first-order valence-corrected chi connectivity index (χ1v) is 2.69. The number of hydrogen-bond acceptors (Lipinski definition) is 2. The van der Waals surface area contributed by atoms with E-state index in [0.29, 0.717) is 12.6 Å². The van der Waals surface area contributed by atoms with Gasteiger partial charge in [0.15, 0.2) is 0 Å². The average molecular weight is 111 g/mol. The SMILES string of the molecule is C#CCNCC1CO1. The van der Waals surface area contributed by atoms with Gasteiger partial charge in [0.25, 0.3) is 0 Å². The van der Waals surface area contributed by atoms with Crippen LogP contribution in [0.3, 0.4) is 0 Å². The van der Waals surface area contributed by atoms with Crippen molar-refractivity contribution in [2.24, 2.45) is 0 Å². The van der Waals surface area contributed by atoms with Gasteiger partial charge in [0, 0.05) is 6.54 Å². The summed E-state index contributed by atoms with van der Waals surface area (Å²) in [6.07, 6.45) is 5.43. The molecule has 1 heterocycles. The molecule has 0 aromatic heterocycles. The van der Waals surface area contributed by atoms with Gasteiger partial charge in [-0.05, 0) is 0 Å². The Bertz CT molecular complexity index is 102. The van der Waals surface area contributed by atoms with E-state index in [0.717, 1.165) is 13.2 Å². The Kier molecular flexibility index (Phi) is 1.90. The molecule has 44 valence electrons. The Balaban J connectivity index is 1.83. The first-order valence-electron chi connectivity index (χ1n) is 2.69. The molecule has 0 bridgehead atoms. The van der Waals surface area contributed by atoms with Gasteiger partial charge in [0.05, 0.1) is 19.3 Å². The zero-order chi connectivity index (χ0) is 5.82. The fourth-order valence-electron chi connectivity index (χ4n) is 0.491. The Morgan fingerprint density at radius 3 is 3.12 bits per heavy atom. The van der Waals surface area contributed by atoms with Gasteiger partial charge in [0.2, 0.25) is 0 Å². The van der Waals surface area contributed by atoms with Crippen LogP contribution in [0.25, 0.3) is 0 Å².